The molecular formula is C17H21N3O3. The molecule has 0 aliphatic carbocycles. The Morgan fingerprint density at radius 2 is 1.83 bits per heavy atom. The Labute approximate surface area is 135 Å². The van der Waals surface area contributed by atoms with Gasteiger partial charge in [-0.2, -0.15) is 5.10 Å². The molecule has 0 aliphatic rings. The summed E-state index contributed by atoms with van der Waals surface area (Å²) in [5, 5.41) is 15.9. The molecule has 0 spiro atoms. The van der Waals surface area contributed by atoms with E-state index >= 15 is 0 Å². The van der Waals surface area contributed by atoms with Crippen molar-refractivity contribution in [3.05, 3.63) is 53.3 Å². The normalized spacial score (nSPS) is 11.3. The van der Waals surface area contributed by atoms with Crippen LogP contribution in [-0.2, 0) is 12.0 Å². The molecule has 6 heteroatoms. The molecule has 0 bridgehead atoms. The zero-order chi connectivity index (χ0) is 17.0. The number of hydrogen-bond acceptors (Lipinski definition) is 3. The zero-order valence-electron chi connectivity index (χ0n) is 13.5. The topological polar surface area (TPSA) is 84.2 Å². The number of carbonyl (C=O) groups excluding carboxylic acids is 1. The Bertz CT molecular complexity index is 697. The van der Waals surface area contributed by atoms with Gasteiger partial charge in [0.25, 0.3) is 5.91 Å². The lowest BCUT2D eigenvalue weighted by Gasteiger charge is -2.18. The first-order chi connectivity index (χ1) is 10.8. The van der Waals surface area contributed by atoms with Crippen molar-refractivity contribution < 1.29 is 14.7 Å². The van der Waals surface area contributed by atoms with Crippen molar-refractivity contribution in [2.24, 2.45) is 0 Å². The van der Waals surface area contributed by atoms with Gasteiger partial charge in [-0.3, -0.25) is 9.48 Å². The fourth-order valence-electron chi connectivity index (χ4n) is 2.04. The van der Waals surface area contributed by atoms with Gasteiger partial charge in [-0.25, -0.2) is 4.79 Å². The average Bonchev–Trinajstić information content (AvgIpc) is 2.97. The number of aromatic nitrogens is 2. The number of carboxylic acids is 1. The molecule has 2 N–H and O–H groups in total. The molecular weight excluding hydrogens is 294 g/mol. The number of nitrogens with zero attached hydrogens (tertiary/aromatic N) is 2. The van der Waals surface area contributed by atoms with E-state index in [9.17, 15) is 9.59 Å². The molecule has 0 fully saturated rings. The second-order valence-electron chi connectivity index (χ2n) is 6.35. The van der Waals surface area contributed by atoms with Crippen LogP contribution in [0, 0.1) is 0 Å². The third-order valence-electron chi connectivity index (χ3n) is 3.43. The van der Waals surface area contributed by atoms with E-state index in [1.165, 1.54) is 0 Å². The maximum atomic E-state index is 12.1. The first-order valence-corrected chi connectivity index (χ1v) is 7.43. The molecule has 1 amide bonds. The van der Waals surface area contributed by atoms with E-state index in [2.05, 4.69) is 10.4 Å². The molecule has 6 nitrogen and oxygen atoms in total. The van der Waals surface area contributed by atoms with Gasteiger partial charge in [0.15, 0.2) is 0 Å². The maximum Gasteiger partial charge on any atom is 0.335 e. The SMILES string of the molecule is CC(C)(C)n1cc(C(=O)NCCc2ccc(C(=O)O)cc2)cn1. The van der Waals surface area contributed by atoms with Gasteiger partial charge in [0.1, 0.15) is 0 Å². The second-order valence-corrected chi connectivity index (χ2v) is 6.35. The third-order valence-corrected chi connectivity index (χ3v) is 3.43. The van der Waals surface area contributed by atoms with E-state index in [0.717, 1.165) is 5.56 Å². The number of hydrogen-bond donors (Lipinski definition) is 2. The van der Waals surface area contributed by atoms with Crippen LogP contribution in [-0.4, -0.2) is 33.3 Å². The van der Waals surface area contributed by atoms with Gasteiger partial charge in [0.2, 0.25) is 0 Å². The van der Waals surface area contributed by atoms with Crippen molar-refractivity contribution in [1.82, 2.24) is 15.1 Å². The number of nitrogens with one attached hydrogen (secondary N) is 1. The van der Waals surface area contributed by atoms with Gasteiger partial charge in [-0.1, -0.05) is 12.1 Å². The standard InChI is InChI=1S/C17H21N3O3/c1-17(2,3)20-11-14(10-19-20)15(21)18-9-8-12-4-6-13(7-5-12)16(22)23/h4-7,10-11H,8-9H2,1-3H3,(H,18,21)(H,22,23). The van der Waals surface area contributed by atoms with Crippen LogP contribution >= 0.6 is 0 Å². The molecule has 0 atom stereocenters. The highest BCUT2D eigenvalue weighted by atomic mass is 16.4. The molecule has 1 heterocycles. The highest BCUT2D eigenvalue weighted by molar-refractivity contribution is 5.93. The van der Waals surface area contributed by atoms with E-state index < -0.39 is 5.97 Å². The first-order valence-electron chi connectivity index (χ1n) is 7.43. The highest BCUT2D eigenvalue weighted by Crippen LogP contribution is 2.13. The second kappa shape index (κ2) is 6.64. The van der Waals surface area contributed by atoms with Gasteiger partial charge in [-0.15, -0.1) is 0 Å². The van der Waals surface area contributed by atoms with Crippen LogP contribution in [0.25, 0.3) is 0 Å². The fraction of sp³-hybridized carbons (Fsp3) is 0.353. The van der Waals surface area contributed by atoms with Crippen LogP contribution in [0.4, 0.5) is 0 Å². The van der Waals surface area contributed by atoms with Gasteiger partial charge in [0, 0.05) is 12.7 Å². The van der Waals surface area contributed by atoms with Crippen LogP contribution in [0.5, 0.6) is 0 Å². The van der Waals surface area contributed by atoms with Crippen LogP contribution < -0.4 is 5.32 Å². The molecule has 1 aromatic carbocycles. The van der Waals surface area contributed by atoms with Gasteiger partial charge in [0.05, 0.1) is 22.9 Å². The van der Waals surface area contributed by atoms with Crippen LogP contribution in [0.2, 0.25) is 0 Å². The molecule has 1 aromatic heterocycles. The summed E-state index contributed by atoms with van der Waals surface area (Å²) in [5.41, 5.74) is 1.60. The fourth-order valence-corrected chi connectivity index (χ4v) is 2.04. The number of aromatic carboxylic acids is 1. The van der Waals surface area contributed by atoms with E-state index in [0.29, 0.717) is 18.5 Å². The molecule has 23 heavy (non-hydrogen) atoms. The minimum atomic E-state index is -0.944. The lowest BCUT2D eigenvalue weighted by molar-refractivity contribution is 0.0696. The van der Waals surface area contributed by atoms with E-state index in [1.54, 1.807) is 41.3 Å². The minimum absolute atomic E-state index is 0.162. The summed E-state index contributed by atoms with van der Waals surface area (Å²) in [4.78, 5) is 22.9. The zero-order valence-corrected chi connectivity index (χ0v) is 13.5. The summed E-state index contributed by atoms with van der Waals surface area (Å²) >= 11 is 0. The van der Waals surface area contributed by atoms with Crippen molar-refractivity contribution in [1.29, 1.82) is 0 Å². The number of carbonyl (C=O) groups is 2. The first kappa shape index (κ1) is 16.7. The summed E-state index contributed by atoms with van der Waals surface area (Å²) in [6.07, 6.45) is 3.93. The Balaban J connectivity index is 1.87. The molecule has 2 rings (SSSR count). The number of rotatable bonds is 5. The molecule has 122 valence electrons. The number of amides is 1. The lowest BCUT2D eigenvalue weighted by Crippen LogP contribution is -2.26. The van der Waals surface area contributed by atoms with Crippen molar-refractivity contribution in [2.45, 2.75) is 32.7 Å². The Morgan fingerprint density at radius 3 is 2.35 bits per heavy atom. The molecule has 0 saturated carbocycles. The number of benzene rings is 1. The van der Waals surface area contributed by atoms with Crippen molar-refractivity contribution >= 4 is 11.9 Å². The van der Waals surface area contributed by atoms with Crippen LogP contribution in [0.15, 0.2) is 36.7 Å². The summed E-state index contributed by atoms with van der Waals surface area (Å²) in [5.74, 6) is -1.11. The van der Waals surface area contributed by atoms with Crippen LogP contribution in [0.3, 0.4) is 0 Å². The lowest BCUT2D eigenvalue weighted by atomic mass is 10.1. The van der Waals surface area contributed by atoms with E-state index in [4.69, 9.17) is 5.11 Å². The minimum Gasteiger partial charge on any atom is -0.478 e. The van der Waals surface area contributed by atoms with Gasteiger partial charge < -0.3 is 10.4 Å². The van der Waals surface area contributed by atoms with E-state index in [-0.39, 0.29) is 17.0 Å². The van der Waals surface area contributed by atoms with Crippen LogP contribution in [0.1, 0.15) is 47.1 Å². The maximum absolute atomic E-state index is 12.1. The molecule has 0 unspecified atom stereocenters. The Hall–Kier alpha value is -2.63. The Kier molecular flexibility index (Phi) is 4.83. The van der Waals surface area contributed by atoms with Gasteiger partial charge >= 0.3 is 5.97 Å². The molecule has 2 aromatic rings. The van der Waals surface area contributed by atoms with Crippen molar-refractivity contribution in [3.63, 3.8) is 0 Å². The summed E-state index contributed by atoms with van der Waals surface area (Å²) in [6, 6.07) is 6.64. The predicted molar refractivity (Wildman–Crippen MR) is 86.7 cm³/mol. The van der Waals surface area contributed by atoms with Crippen molar-refractivity contribution in [2.75, 3.05) is 6.54 Å². The summed E-state index contributed by atoms with van der Waals surface area (Å²) in [6.45, 7) is 6.53. The van der Waals surface area contributed by atoms with Crippen molar-refractivity contribution in [3.8, 4) is 0 Å². The molecule has 0 saturated heterocycles. The summed E-state index contributed by atoms with van der Waals surface area (Å²) in [7, 11) is 0. The molecule has 0 radical (unpaired) electrons. The largest absolute Gasteiger partial charge is 0.478 e. The monoisotopic (exact) mass is 315 g/mol. The van der Waals surface area contributed by atoms with E-state index in [1.807, 2.05) is 20.8 Å². The predicted octanol–water partition coefficient (Wildman–Crippen LogP) is 2.31. The smallest absolute Gasteiger partial charge is 0.335 e. The highest BCUT2D eigenvalue weighted by Gasteiger charge is 2.16. The number of carboxylic acid groups (broad SMARTS) is 1. The average molecular weight is 315 g/mol. The quantitative estimate of drug-likeness (QED) is 0.887. The van der Waals surface area contributed by atoms with Gasteiger partial charge in [-0.05, 0) is 44.9 Å². The third kappa shape index (κ3) is 4.42. The summed E-state index contributed by atoms with van der Waals surface area (Å²) < 4.78 is 1.76. The Morgan fingerprint density at radius 1 is 1.17 bits per heavy atom. The molecule has 0 aliphatic heterocycles.